The van der Waals surface area contributed by atoms with Crippen molar-refractivity contribution in [3.8, 4) is 11.5 Å². The number of nitrogens with zero attached hydrogens (tertiary/aromatic N) is 1. The fourth-order valence-electron chi connectivity index (χ4n) is 3.63. The summed E-state index contributed by atoms with van der Waals surface area (Å²) in [6.07, 6.45) is 2.51. The van der Waals surface area contributed by atoms with Crippen molar-refractivity contribution in [1.29, 1.82) is 0 Å². The van der Waals surface area contributed by atoms with Crippen molar-refractivity contribution < 1.29 is 19.1 Å². The lowest BCUT2D eigenvalue weighted by molar-refractivity contribution is -0.117. The molecule has 1 aliphatic heterocycles. The van der Waals surface area contributed by atoms with Gasteiger partial charge in [-0.05, 0) is 60.9 Å². The number of aryl methyl sites for hydroxylation is 2. The number of carbonyl (C=O) groups is 2. The maximum absolute atomic E-state index is 12.8. The monoisotopic (exact) mass is 442 g/mol. The molecule has 168 valence electrons. The number of anilines is 1. The van der Waals surface area contributed by atoms with Crippen molar-refractivity contribution in [3.05, 3.63) is 95.1 Å². The van der Waals surface area contributed by atoms with Crippen LogP contribution >= 0.6 is 0 Å². The van der Waals surface area contributed by atoms with Crippen molar-refractivity contribution in [3.63, 3.8) is 0 Å². The number of hydrazine groups is 1. The fourth-order valence-corrected chi connectivity index (χ4v) is 3.63. The largest absolute Gasteiger partial charge is 0.490 e. The molecule has 0 atom stereocenters. The average Bonchev–Trinajstić information content (AvgIpc) is 3.11. The zero-order chi connectivity index (χ0) is 23.2. The van der Waals surface area contributed by atoms with Gasteiger partial charge in [-0.25, -0.2) is 5.01 Å². The summed E-state index contributed by atoms with van der Waals surface area (Å²) in [7, 11) is 0. The minimum absolute atomic E-state index is 0.0537. The SMILES string of the molecule is CCc1cc(C)cc(OCCOc2ccccc2/C=C2\C(=O)NN(c3ccccc3)C2=O)c1. The van der Waals surface area contributed by atoms with E-state index in [1.807, 2.05) is 55.5 Å². The third-order valence-electron chi connectivity index (χ3n) is 5.25. The average molecular weight is 443 g/mol. The topological polar surface area (TPSA) is 67.9 Å². The number of ether oxygens (including phenoxy) is 2. The predicted molar refractivity (Wildman–Crippen MR) is 128 cm³/mol. The molecule has 6 nitrogen and oxygen atoms in total. The van der Waals surface area contributed by atoms with Gasteiger partial charge in [0, 0.05) is 5.56 Å². The van der Waals surface area contributed by atoms with E-state index >= 15 is 0 Å². The van der Waals surface area contributed by atoms with Gasteiger partial charge in [-0.1, -0.05) is 49.4 Å². The molecule has 33 heavy (non-hydrogen) atoms. The molecule has 1 N–H and O–H groups in total. The van der Waals surface area contributed by atoms with Crippen molar-refractivity contribution in [1.82, 2.24) is 5.43 Å². The Bertz CT molecular complexity index is 1190. The molecule has 0 spiro atoms. The van der Waals surface area contributed by atoms with Crippen LogP contribution in [0.25, 0.3) is 6.08 Å². The number of amides is 2. The normalized spacial score (nSPS) is 14.5. The van der Waals surface area contributed by atoms with E-state index < -0.39 is 11.8 Å². The van der Waals surface area contributed by atoms with Gasteiger partial charge in [0.1, 0.15) is 30.3 Å². The standard InChI is InChI=1S/C27H26N2O4/c1-3-20-15-19(2)16-23(17-20)32-13-14-33-25-12-8-7-9-21(25)18-24-26(30)28-29(27(24)31)22-10-5-4-6-11-22/h4-12,15-18H,3,13-14H2,1-2H3,(H,28,30)/b24-18+. The molecule has 0 unspecified atom stereocenters. The first-order valence-electron chi connectivity index (χ1n) is 10.9. The highest BCUT2D eigenvalue weighted by Gasteiger charge is 2.34. The molecule has 4 rings (SSSR count). The summed E-state index contributed by atoms with van der Waals surface area (Å²) in [5, 5.41) is 1.25. The summed E-state index contributed by atoms with van der Waals surface area (Å²) in [6, 6.07) is 22.5. The smallest absolute Gasteiger partial charge is 0.282 e. The van der Waals surface area contributed by atoms with Crippen molar-refractivity contribution in [2.45, 2.75) is 20.3 Å². The summed E-state index contributed by atoms with van der Waals surface area (Å²) >= 11 is 0. The van der Waals surface area contributed by atoms with E-state index in [9.17, 15) is 9.59 Å². The number of carbonyl (C=O) groups excluding carboxylic acids is 2. The van der Waals surface area contributed by atoms with E-state index in [0.29, 0.717) is 30.2 Å². The molecule has 2 amide bonds. The Kier molecular flexibility index (Phi) is 6.74. The first kappa shape index (κ1) is 22.1. The van der Waals surface area contributed by atoms with Gasteiger partial charge in [0.2, 0.25) is 0 Å². The van der Waals surface area contributed by atoms with Crippen LogP contribution in [0.5, 0.6) is 11.5 Å². The number of hydrogen-bond acceptors (Lipinski definition) is 4. The summed E-state index contributed by atoms with van der Waals surface area (Å²) < 4.78 is 11.8. The van der Waals surface area contributed by atoms with Crippen LogP contribution in [-0.4, -0.2) is 25.0 Å². The Morgan fingerprint density at radius 2 is 1.64 bits per heavy atom. The number of para-hydroxylation sites is 2. The third-order valence-corrected chi connectivity index (χ3v) is 5.25. The lowest BCUT2D eigenvalue weighted by Crippen LogP contribution is -2.35. The first-order chi connectivity index (χ1) is 16.0. The molecular weight excluding hydrogens is 416 g/mol. The van der Waals surface area contributed by atoms with Crippen LogP contribution in [0.15, 0.2) is 78.4 Å². The molecule has 1 aliphatic rings. The molecule has 1 heterocycles. The third kappa shape index (κ3) is 5.23. The highest BCUT2D eigenvalue weighted by molar-refractivity contribution is 6.31. The van der Waals surface area contributed by atoms with Crippen LogP contribution in [0, 0.1) is 6.92 Å². The maximum Gasteiger partial charge on any atom is 0.282 e. The predicted octanol–water partition coefficient (Wildman–Crippen LogP) is 4.48. The van der Waals surface area contributed by atoms with E-state index in [4.69, 9.17) is 9.47 Å². The van der Waals surface area contributed by atoms with Gasteiger partial charge in [-0.15, -0.1) is 0 Å². The van der Waals surface area contributed by atoms with Crippen molar-refractivity contribution >= 4 is 23.6 Å². The molecule has 0 aromatic heterocycles. The highest BCUT2D eigenvalue weighted by Crippen LogP contribution is 2.25. The molecule has 6 heteroatoms. The quantitative estimate of drug-likeness (QED) is 0.317. The first-order valence-corrected chi connectivity index (χ1v) is 10.9. The minimum atomic E-state index is -0.451. The maximum atomic E-state index is 12.8. The van der Waals surface area contributed by atoms with E-state index in [0.717, 1.165) is 17.7 Å². The molecule has 3 aromatic carbocycles. The van der Waals surface area contributed by atoms with Gasteiger partial charge in [0.25, 0.3) is 11.8 Å². The molecule has 3 aromatic rings. The Hall–Kier alpha value is -4.06. The molecule has 0 radical (unpaired) electrons. The van der Waals surface area contributed by atoms with Crippen LogP contribution in [0.3, 0.4) is 0 Å². The second-order valence-electron chi connectivity index (χ2n) is 7.72. The van der Waals surface area contributed by atoms with E-state index in [1.54, 1.807) is 24.3 Å². The zero-order valence-corrected chi connectivity index (χ0v) is 18.7. The van der Waals surface area contributed by atoms with Gasteiger partial charge >= 0.3 is 0 Å². The molecule has 1 fully saturated rings. The van der Waals surface area contributed by atoms with Crippen molar-refractivity contribution in [2.75, 3.05) is 18.2 Å². The number of rotatable bonds is 8. The molecule has 0 bridgehead atoms. The molecule has 1 saturated heterocycles. The van der Waals surface area contributed by atoms with Crippen LogP contribution < -0.4 is 19.9 Å². The second-order valence-corrected chi connectivity index (χ2v) is 7.72. The highest BCUT2D eigenvalue weighted by atomic mass is 16.5. The number of nitrogens with one attached hydrogen (secondary N) is 1. The zero-order valence-electron chi connectivity index (χ0n) is 18.7. The molecular formula is C27H26N2O4. The molecule has 0 aliphatic carbocycles. The Balaban J connectivity index is 1.43. The number of benzene rings is 3. The molecule has 0 saturated carbocycles. The van der Waals surface area contributed by atoms with Crippen molar-refractivity contribution in [2.24, 2.45) is 0 Å². The van der Waals surface area contributed by atoms with Gasteiger partial charge in [-0.2, -0.15) is 0 Å². The van der Waals surface area contributed by atoms with Gasteiger partial charge in [0.15, 0.2) is 0 Å². The number of hydrogen-bond donors (Lipinski definition) is 1. The van der Waals surface area contributed by atoms with Gasteiger partial charge < -0.3 is 9.47 Å². The lowest BCUT2D eigenvalue weighted by atomic mass is 10.1. The van der Waals surface area contributed by atoms with Gasteiger partial charge in [-0.3, -0.25) is 15.0 Å². The van der Waals surface area contributed by atoms with E-state index in [1.165, 1.54) is 10.6 Å². The van der Waals surface area contributed by atoms with Crippen LogP contribution in [0.1, 0.15) is 23.6 Å². The summed E-state index contributed by atoms with van der Waals surface area (Å²) in [4.78, 5) is 25.3. The minimum Gasteiger partial charge on any atom is -0.490 e. The van der Waals surface area contributed by atoms with E-state index in [-0.39, 0.29) is 5.57 Å². The van der Waals surface area contributed by atoms with Crippen LogP contribution in [0.4, 0.5) is 5.69 Å². The Labute approximate surface area is 193 Å². The second kappa shape index (κ2) is 10.0. The van der Waals surface area contributed by atoms with Gasteiger partial charge in [0.05, 0.1) is 5.69 Å². The van der Waals surface area contributed by atoms with Crippen LogP contribution in [0.2, 0.25) is 0 Å². The summed E-state index contributed by atoms with van der Waals surface area (Å²) in [5.41, 5.74) is 6.30. The lowest BCUT2D eigenvalue weighted by Gasteiger charge is -2.14. The van der Waals surface area contributed by atoms with E-state index in [2.05, 4.69) is 18.4 Å². The Morgan fingerprint density at radius 3 is 2.42 bits per heavy atom. The Morgan fingerprint density at radius 1 is 0.909 bits per heavy atom. The summed E-state index contributed by atoms with van der Waals surface area (Å²) in [5.74, 6) is 0.537. The summed E-state index contributed by atoms with van der Waals surface area (Å²) in [6.45, 7) is 4.86. The fraction of sp³-hybridized carbons (Fsp3) is 0.185. The van der Waals surface area contributed by atoms with Crippen LogP contribution in [-0.2, 0) is 16.0 Å².